The Kier molecular flexibility index (Phi) is 4.40. The Labute approximate surface area is 139 Å². The zero-order chi connectivity index (χ0) is 16.2. The summed E-state index contributed by atoms with van der Waals surface area (Å²) in [6.45, 7) is 5.22. The van der Waals surface area contributed by atoms with Crippen molar-refractivity contribution < 1.29 is 0 Å². The monoisotopic (exact) mass is 323 g/mol. The van der Waals surface area contributed by atoms with Gasteiger partial charge in [0.2, 0.25) is 0 Å². The summed E-state index contributed by atoms with van der Waals surface area (Å²) in [5, 5.41) is 16.8. The fraction of sp³-hybridized carbons (Fsp3) is 0.235. The summed E-state index contributed by atoms with van der Waals surface area (Å²) in [5.74, 6) is 0. The summed E-state index contributed by atoms with van der Waals surface area (Å²) >= 11 is 1.64. The Balaban J connectivity index is 1.61. The molecule has 2 aromatic heterocycles. The van der Waals surface area contributed by atoms with Crippen molar-refractivity contribution in [1.29, 1.82) is 5.26 Å². The van der Waals surface area contributed by atoms with Crippen molar-refractivity contribution in [2.45, 2.75) is 13.8 Å². The van der Waals surface area contributed by atoms with Gasteiger partial charge in [-0.3, -0.25) is 4.98 Å². The highest BCUT2D eigenvalue weighted by Gasteiger charge is 2.07. The smallest absolute Gasteiger partial charge is 0.183 e. The number of thiazole rings is 1. The lowest BCUT2D eigenvalue weighted by Crippen LogP contribution is -2.14. The molecular formula is C17H17N5S. The molecule has 0 saturated carbocycles. The van der Waals surface area contributed by atoms with Crippen molar-refractivity contribution in [1.82, 2.24) is 9.97 Å². The number of nitrogens with zero attached hydrogens (tertiary/aromatic N) is 3. The number of fused-ring (bicyclic) bond motifs is 1. The van der Waals surface area contributed by atoms with E-state index >= 15 is 0 Å². The van der Waals surface area contributed by atoms with E-state index in [0.29, 0.717) is 12.1 Å². The molecule has 5 nitrogen and oxygen atoms in total. The minimum Gasteiger partial charge on any atom is -0.382 e. The first-order chi connectivity index (χ1) is 11.2. The SMILES string of the molecule is Cc1cc(NCCNc2nc3ccccc3s2)c(C#N)c(C)n1. The predicted molar refractivity (Wildman–Crippen MR) is 95.0 cm³/mol. The standard InChI is InChI=1S/C17H17N5S/c1-11-9-15(13(10-18)12(2)21-11)19-7-8-20-17-22-14-5-3-4-6-16(14)23-17/h3-6,9H,7-8H2,1-2H3,(H,19,21)(H,20,22). The number of hydrogen-bond acceptors (Lipinski definition) is 6. The van der Waals surface area contributed by atoms with E-state index in [4.69, 9.17) is 0 Å². The Morgan fingerprint density at radius 2 is 1.91 bits per heavy atom. The van der Waals surface area contributed by atoms with Gasteiger partial charge in [0.15, 0.2) is 5.13 Å². The summed E-state index contributed by atoms with van der Waals surface area (Å²) in [7, 11) is 0. The molecule has 0 radical (unpaired) electrons. The molecular weight excluding hydrogens is 306 g/mol. The summed E-state index contributed by atoms with van der Waals surface area (Å²) in [4.78, 5) is 8.86. The number of nitriles is 1. The molecule has 2 N–H and O–H groups in total. The lowest BCUT2D eigenvalue weighted by atomic mass is 10.1. The van der Waals surface area contributed by atoms with Gasteiger partial charge in [-0.25, -0.2) is 4.98 Å². The van der Waals surface area contributed by atoms with Crippen molar-refractivity contribution in [3.8, 4) is 6.07 Å². The van der Waals surface area contributed by atoms with Crippen molar-refractivity contribution in [3.63, 3.8) is 0 Å². The second kappa shape index (κ2) is 6.63. The maximum absolute atomic E-state index is 9.25. The Bertz CT molecular complexity index is 845. The molecule has 0 saturated heterocycles. The third kappa shape index (κ3) is 3.41. The maximum atomic E-state index is 9.25. The van der Waals surface area contributed by atoms with Gasteiger partial charge in [0.25, 0.3) is 0 Å². The fourth-order valence-corrected chi connectivity index (χ4v) is 3.32. The normalized spacial score (nSPS) is 10.5. The summed E-state index contributed by atoms with van der Waals surface area (Å²) in [6, 6.07) is 12.2. The summed E-state index contributed by atoms with van der Waals surface area (Å²) in [5.41, 5.74) is 4.12. The molecule has 116 valence electrons. The van der Waals surface area contributed by atoms with Crippen LogP contribution in [0.15, 0.2) is 30.3 Å². The highest BCUT2D eigenvalue weighted by Crippen LogP contribution is 2.25. The zero-order valence-electron chi connectivity index (χ0n) is 13.1. The highest BCUT2D eigenvalue weighted by molar-refractivity contribution is 7.22. The largest absolute Gasteiger partial charge is 0.382 e. The second-order valence-corrected chi connectivity index (χ2v) is 6.25. The molecule has 3 rings (SSSR count). The summed E-state index contributed by atoms with van der Waals surface area (Å²) < 4.78 is 1.18. The molecule has 0 aliphatic carbocycles. The quantitative estimate of drug-likeness (QED) is 0.700. The molecule has 6 heteroatoms. The van der Waals surface area contributed by atoms with Crippen molar-refractivity contribution >= 4 is 32.4 Å². The van der Waals surface area contributed by atoms with Crippen LogP contribution in [-0.2, 0) is 0 Å². The number of aryl methyl sites for hydroxylation is 2. The topological polar surface area (TPSA) is 73.6 Å². The minimum absolute atomic E-state index is 0.607. The van der Waals surface area contributed by atoms with Crippen LogP contribution in [0.4, 0.5) is 10.8 Å². The van der Waals surface area contributed by atoms with E-state index in [9.17, 15) is 5.26 Å². The van der Waals surface area contributed by atoms with Gasteiger partial charge in [-0.15, -0.1) is 0 Å². The molecule has 0 fully saturated rings. The van der Waals surface area contributed by atoms with E-state index in [0.717, 1.165) is 34.3 Å². The molecule has 0 amide bonds. The number of rotatable bonds is 5. The van der Waals surface area contributed by atoms with Crippen LogP contribution < -0.4 is 10.6 Å². The maximum Gasteiger partial charge on any atom is 0.183 e. The average molecular weight is 323 g/mol. The van der Waals surface area contributed by atoms with Gasteiger partial charge in [-0.05, 0) is 32.0 Å². The van der Waals surface area contributed by atoms with E-state index in [1.807, 2.05) is 38.1 Å². The molecule has 2 heterocycles. The first kappa shape index (κ1) is 15.3. The van der Waals surface area contributed by atoms with Crippen LogP contribution in [0.25, 0.3) is 10.2 Å². The van der Waals surface area contributed by atoms with E-state index < -0.39 is 0 Å². The van der Waals surface area contributed by atoms with Crippen molar-refractivity contribution in [2.75, 3.05) is 23.7 Å². The molecule has 0 atom stereocenters. The molecule has 3 aromatic rings. The van der Waals surface area contributed by atoms with Crippen LogP contribution in [0.5, 0.6) is 0 Å². The zero-order valence-corrected chi connectivity index (χ0v) is 13.9. The minimum atomic E-state index is 0.607. The van der Waals surface area contributed by atoms with Crippen molar-refractivity contribution in [3.05, 3.63) is 47.3 Å². The Hall–Kier alpha value is -2.65. The van der Waals surface area contributed by atoms with Crippen LogP contribution in [0.3, 0.4) is 0 Å². The van der Waals surface area contributed by atoms with Crippen LogP contribution in [0.2, 0.25) is 0 Å². The van der Waals surface area contributed by atoms with E-state index in [2.05, 4.69) is 32.7 Å². The molecule has 1 aromatic carbocycles. The van der Waals surface area contributed by atoms with Crippen molar-refractivity contribution in [2.24, 2.45) is 0 Å². The Morgan fingerprint density at radius 3 is 2.70 bits per heavy atom. The number of benzene rings is 1. The highest BCUT2D eigenvalue weighted by atomic mass is 32.1. The number of aromatic nitrogens is 2. The van der Waals surface area contributed by atoms with E-state index in [-0.39, 0.29) is 0 Å². The molecule has 0 bridgehead atoms. The van der Waals surface area contributed by atoms with E-state index in [1.165, 1.54) is 4.70 Å². The first-order valence-electron chi connectivity index (χ1n) is 7.39. The lowest BCUT2D eigenvalue weighted by molar-refractivity contribution is 1.05. The first-order valence-corrected chi connectivity index (χ1v) is 8.20. The van der Waals surface area contributed by atoms with Crippen LogP contribution in [0, 0.1) is 25.2 Å². The molecule has 23 heavy (non-hydrogen) atoms. The number of para-hydroxylation sites is 1. The van der Waals surface area contributed by atoms with Gasteiger partial charge in [0.05, 0.1) is 27.2 Å². The van der Waals surface area contributed by atoms with Gasteiger partial charge >= 0.3 is 0 Å². The van der Waals surface area contributed by atoms with Gasteiger partial charge in [-0.2, -0.15) is 5.26 Å². The fourth-order valence-electron chi connectivity index (χ4n) is 2.42. The third-order valence-corrected chi connectivity index (χ3v) is 4.44. The number of pyridine rings is 1. The van der Waals surface area contributed by atoms with Gasteiger partial charge in [-0.1, -0.05) is 23.5 Å². The lowest BCUT2D eigenvalue weighted by Gasteiger charge is -2.11. The van der Waals surface area contributed by atoms with Gasteiger partial charge in [0, 0.05) is 18.8 Å². The Morgan fingerprint density at radius 1 is 1.13 bits per heavy atom. The third-order valence-electron chi connectivity index (χ3n) is 3.45. The average Bonchev–Trinajstić information content (AvgIpc) is 2.94. The van der Waals surface area contributed by atoms with Crippen LogP contribution >= 0.6 is 11.3 Å². The number of anilines is 2. The van der Waals surface area contributed by atoms with E-state index in [1.54, 1.807) is 11.3 Å². The second-order valence-electron chi connectivity index (χ2n) is 5.22. The number of hydrogen-bond donors (Lipinski definition) is 2. The van der Waals surface area contributed by atoms with Crippen LogP contribution in [0.1, 0.15) is 17.0 Å². The number of nitrogens with one attached hydrogen (secondary N) is 2. The summed E-state index contributed by atoms with van der Waals surface area (Å²) in [6.07, 6.45) is 0. The van der Waals surface area contributed by atoms with Gasteiger partial charge in [0.1, 0.15) is 6.07 Å². The molecule has 0 unspecified atom stereocenters. The van der Waals surface area contributed by atoms with Gasteiger partial charge < -0.3 is 10.6 Å². The van der Waals surface area contributed by atoms with Crippen LogP contribution in [-0.4, -0.2) is 23.1 Å². The predicted octanol–water partition coefficient (Wildman–Crippen LogP) is 3.70. The molecule has 0 spiro atoms. The molecule has 0 aliphatic heterocycles. The molecule has 0 aliphatic rings.